The summed E-state index contributed by atoms with van der Waals surface area (Å²) in [5.74, 6) is 0.897. The number of hydrogen-bond acceptors (Lipinski definition) is 4. The van der Waals surface area contributed by atoms with Crippen LogP contribution in [0.5, 0.6) is 0 Å². The van der Waals surface area contributed by atoms with Gasteiger partial charge in [0, 0.05) is 6.04 Å². The molecule has 0 unspecified atom stereocenters. The van der Waals surface area contributed by atoms with Crippen LogP contribution >= 0.6 is 0 Å². The Kier molecular flexibility index (Phi) is 4.24. The third-order valence-corrected chi connectivity index (χ3v) is 3.94. The maximum absolute atomic E-state index is 11.1. The van der Waals surface area contributed by atoms with E-state index in [2.05, 4.69) is 17.2 Å². The van der Waals surface area contributed by atoms with Crippen LogP contribution in [0.25, 0.3) is 0 Å². The van der Waals surface area contributed by atoms with Crippen molar-refractivity contribution in [2.75, 3.05) is 11.1 Å². The Morgan fingerprint density at radius 1 is 1.37 bits per heavy atom. The first-order chi connectivity index (χ1) is 9.10. The van der Waals surface area contributed by atoms with E-state index in [-0.39, 0.29) is 5.69 Å². The third-order valence-electron chi connectivity index (χ3n) is 3.94. The van der Waals surface area contributed by atoms with Gasteiger partial charge in [-0.1, -0.05) is 13.3 Å². The lowest BCUT2D eigenvalue weighted by atomic mass is 9.84. The molecule has 0 atom stereocenters. The van der Waals surface area contributed by atoms with E-state index in [1.54, 1.807) is 12.1 Å². The molecular formula is C14H22N4O. The predicted octanol–water partition coefficient (Wildman–Crippen LogP) is 2.14. The summed E-state index contributed by atoms with van der Waals surface area (Å²) in [4.78, 5) is 15.3. The number of primary amides is 1. The van der Waals surface area contributed by atoms with E-state index in [0.717, 1.165) is 18.8 Å². The maximum atomic E-state index is 11.1. The first kappa shape index (κ1) is 13.6. The zero-order valence-electron chi connectivity index (χ0n) is 11.4. The van der Waals surface area contributed by atoms with E-state index in [4.69, 9.17) is 11.5 Å². The average molecular weight is 262 g/mol. The first-order valence-electron chi connectivity index (χ1n) is 6.93. The summed E-state index contributed by atoms with van der Waals surface area (Å²) in [5, 5.41) is 3.35. The van der Waals surface area contributed by atoms with Gasteiger partial charge >= 0.3 is 0 Å². The number of nitrogens with two attached hydrogens (primary N) is 2. The highest BCUT2D eigenvalue weighted by molar-refractivity contribution is 5.91. The Hall–Kier alpha value is -1.78. The SMILES string of the molecule is CCC1CCC(Nc2nc(C(N)=O)ccc2N)CC1. The van der Waals surface area contributed by atoms with Crippen LogP contribution < -0.4 is 16.8 Å². The number of nitrogens with one attached hydrogen (secondary N) is 1. The molecule has 1 fully saturated rings. The topological polar surface area (TPSA) is 94.0 Å². The predicted molar refractivity (Wildman–Crippen MR) is 76.8 cm³/mol. The number of carbonyl (C=O) groups excluding carboxylic acids is 1. The summed E-state index contributed by atoms with van der Waals surface area (Å²) < 4.78 is 0. The molecule has 1 amide bonds. The standard InChI is InChI=1S/C14H22N4O/c1-2-9-3-5-10(6-4-9)17-14-11(15)7-8-12(18-14)13(16)19/h7-10H,2-6,15H2,1H3,(H2,16,19)(H,17,18). The minimum absolute atomic E-state index is 0.249. The van der Waals surface area contributed by atoms with Crippen LogP contribution in [0.4, 0.5) is 11.5 Å². The molecule has 1 aliphatic rings. The van der Waals surface area contributed by atoms with Gasteiger partial charge in [0.15, 0.2) is 0 Å². The third kappa shape index (κ3) is 3.36. The summed E-state index contributed by atoms with van der Waals surface area (Å²) in [6.07, 6.45) is 5.98. The second kappa shape index (κ2) is 5.91. The monoisotopic (exact) mass is 262 g/mol. The van der Waals surface area contributed by atoms with E-state index in [1.165, 1.54) is 19.3 Å². The van der Waals surface area contributed by atoms with Gasteiger partial charge in [-0.2, -0.15) is 0 Å². The molecule has 0 aromatic carbocycles. The number of aromatic nitrogens is 1. The largest absolute Gasteiger partial charge is 0.396 e. The highest BCUT2D eigenvalue weighted by Crippen LogP contribution is 2.29. The zero-order chi connectivity index (χ0) is 13.8. The number of carbonyl (C=O) groups is 1. The molecule has 19 heavy (non-hydrogen) atoms. The molecule has 1 aliphatic carbocycles. The Morgan fingerprint density at radius 3 is 2.63 bits per heavy atom. The smallest absolute Gasteiger partial charge is 0.267 e. The summed E-state index contributed by atoms with van der Waals surface area (Å²) in [6, 6.07) is 3.62. The van der Waals surface area contributed by atoms with Crippen molar-refractivity contribution in [3.8, 4) is 0 Å². The molecule has 0 spiro atoms. The van der Waals surface area contributed by atoms with Crippen LogP contribution in [0, 0.1) is 5.92 Å². The van der Waals surface area contributed by atoms with E-state index in [0.29, 0.717) is 17.5 Å². The summed E-state index contributed by atoms with van der Waals surface area (Å²) in [6.45, 7) is 2.24. The lowest BCUT2D eigenvalue weighted by molar-refractivity contribution is 0.0995. The van der Waals surface area contributed by atoms with Crippen molar-refractivity contribution >= 4 is 17.4 Å². The van der Waals surface area contributed by atoms with Crippen LogP contribution in [0.15, 0.2) is 12.1 Å². The van der Waals surface area contributed by atoms with Gasteiger partial charge in [-0.15, -0.1) is 0 Å². The minimum Gasteiger partial charge on any atom is -0.396 e. The van der Waals surface area contributed by atoms with Gasteiger partial charge in [-0.3, -0.25) is 4.79 Å². The Morgan fingerprint density at radius 2 is 2.05 bits per heavy atom. The van der Waals surface area contributed by atoms with Gasteiger partial charge < -0.3 is 16.8 Å². The molecule has 1 saturated carbocycles. The molecule has 0 radical (unpaired) electrons. The van der Waals surface area contributed by atoms with Gasteiger partial charge in [0.25, 0.3) is 5.91 Å². The van der Waals surface area contributed by atoms with Crippen molar-refractivity contribution in [2.24, 2.45) is 11.7 Å². The molecule has 0 saturated heterocycles. The van der Waals surface area contributed by atoms with Gasteiger partial charge in [-0.25, -0.2) is 4.98 Å². The molecule has 1 heterocycles. The quantitative estimate of drug-likeness (QED) is 0.775. The van der Waals surface area contributed by atoms with Crippen LogP contribution in [0.1, 0.15) is 49.5 Å². The van der Waals surface area contributed by atoms with Gasteiger partial charge in [-0.05, 0) is 43.7 Å². The van der Waals surface area contributed by atoms with Crippen LogP contribution in [0.3, 0.4) is 0 Å². The maximum Gasteiger partial charge on any atom is 0.267 e. The van der Waals surface area contributed by atoms with Gasteiger partial charge in [0.2, 0.25) is 0 Å². The summed E-state index contributed by atoms with van der Waals surface area (Å²) in [7, 11) is 0. The number of rotatable bonds is 4. The average Bonchev–Trinajstić information content (AvgIpc) is 2.42. The molecule has 2 rings (SSSR count). The normalized spacial score (nSPS) is 23.0. The highest BCUT2D eigenvalue weighted by atomic mass is 16.1. The van der Waals surface area contributed by atoms with Crippen molar-refractivity contribution in [1.29, 1.82) is 0 Å². The zero-order valence-corrected chi connectivity index (χ0v) is 11.4. The summed E-state index contributed by atoms with van der Waals surface area (Å²) >= 11 is 0. The van der Waals surface area contributed by atoms with E-state index >= 15 is 0 Å². The second-order valence-electron chi connectivity index (χ2n) is 5.27. The van der Waals surface area contributed by atoms with E-state index < -0.39 is 5.91 Å². The lowest BCUT2D eigenvalue weighted by Crippen LogP contribution is -2.27. The first-order valence-corrected chi connectivity index (χ1v) is 6.93. The van der Waals surface area contributed by atoms with E-state index in [9.17, 15) is 4.79 Å². The number of hydrogen-bond donors (Lipinski definition) is 3. The van der Waals surface area contributed by atoms with Crippen molar-refractivity contribution in [3.63, 3.8) is 0 Å². The summed E-state index contributed by atoms with van der Waals surface area (Å²) in [5.41, 5.74) is 11.9. The molecule has 1 aromatic rings. The van der Waals surface area contributed by atoms with E-state index in [1.807, 2.05) is 0 Å². The van der Waals surface area contributed by atoms with Crippen molar-refractivity contribution in [1.82, 2.24) is 4.98 Å². The van der Waals surface area contributed by atoms with Gasteiger partial charge in [0.05, 0.1) is 5.69 Å². The highest BCUT2D eigenvalue weighted by Gasteiger charge is 2.20. The van der Waals surface area contributed by atoms with Crippen LogP contribution in [-0.2, 0) is 0 Å². The number of anilines is 2. The number of amides is 1. The number of nitrogen functional groups attached to an aromatic ring is 1. The molecule has 5 nitrogen and oxygen atoms in total. The fourth-order valence-corrected chi connectivity index (χ4v) is 2.63. The minimum atomic E-state index is -0.530. The second-order valence-corrected chi connectivity index (χ2v) is 5.27. The van der Waals surface area contributed by atoms with Crippen molar-refractivity contribution in [3.05, 3.63) is 17.8 Å². The Bertz CT molecular complexity index is 453. The molecule has 0 aliphatic heterocycles. The molecule has 1 aromatic heterocycles. The molecule has 5 heteroatoms. The lowest BCUT2D eigenvalue weighted by Gasteiger charge is -2.29. The molecule has 104 valence electrons. The molecular weight excluding hydrogens is 240 g/mol. The number of pyridine rings is 1. The van der Waals surface area contributed by atoms with Crippen molar-refractivity contribution < 1.29 is 4.79 Å². The molecule has 0 bridgehead atoms. The van der Waals surface area contributed by atoms with Gasteiger partial charge in [0.1, 0.15) is 11.5 Å². The fourth-order valence-electron chi connectivity index (χ4n) is 2.63. The fraction of sp³-hybridized carbons (Fsp3) is 0.571. The Balaban J connectivity index is 2.03. The van der Waals surface area contributed by atoms with Crippen molar-refractivity contribution in [2.45, 2.75) is 45.1 Å². The number of nitrogens with zero attached hydrogens (tertiary/aromatic N) is 1. The Labute approximate surface area is 113 Å². The molecule has 5 N–H and O–H groups in total. The van der Waals surface area contributed by atoms with Crippen LogP contribution in [0.2, 0.25) is 0 Å². The van der Waals surface area contributed by atoms with Crippen LogP contribution in [-0.4, -0.2) is 16.9 Å².